The maximum absolute atomic E-state index is 12.5. The zero-order chi connectivity index (χ0) is 16.6. The number of benzene rings is 1. The quantitative estimate of drug-likeness (QED) is 0.673. The van der Waals surface area contributed by atoms with E-state index in [2.05, 4.69) is 11.9 Å². The van der Waals surface area contributed by atoms with Crippen LogP contribution in [-0.2, 0) is 16.1 Å². The summed E-state index contributed by atoms with van der Waals surface area (Å²) in [6, 6.07) is 4.68. The van der Waals surface area contributed by atoms with Crippen molar-refractivity contribution < 1.29 is 19.1 Å². The fraction of sp³-hybridized carbons (Fsp3) is 0.353. The van der Waals surface area contributed by atoms with E-state index in [1.54, 1.807) is 18.2 Å². The maximum atomic E-state index is 12.5. The van der Waals surface area contributed by atoms with E-state index >= 15 is 0 Å². The number of imide groups is 1. The number of hydrogen-bond donors (Lipinski definition) is 1. The molecule has 2 aliphatic heterocycles. The third kappa shape index (κ3) is 2.84. The third-order valence-corrected chi connectivity index (χ3v) is 4.15. The van der Waals surface area contributed by atoms with Gasteiger partial charge in [0.2, 0.25) is 11.8 Å². The van der Waals surface area contributed by atoms with Crippen LogP contribution in [0.2, 0.25) is 0 Å². The molecule has 1 saturated heterocycles. The molecule has 1 fully saturated rings. The third-order valence-electron chi connectivity index (χ3n) is 4.15. The van der Waals surface area contributed by atoms with Gasteiger partial charge < -0.3 is 9.64 Å². The number of nitrogens with one attached hydrogen (secondary N) is 1. The minimum absolute atomic E-state index is 0.128. The normalized spacial score (nSPS) is 21.7. The smallest absolute Gasteiger partial charge is 0.255 e. The van der Waals surface area contributed by atoms with Crippen LogP contribution >= 0.6 is 0 Å². The molecule has 0 aromatic heterocycles. The van der Waals surface area contributed by atoms with Gasteiger partial charge in [0, 0.05) is 18.5 Å². The SMILES string of the molecule is C=CC(C)Oc1ccc2c(c1)CN(C1CCC(=O)NC1=O)C2=O. The van der Waals surface area contributed by atoms with Gasteiger partial charge in [-0.3, -0.25) is 19.7 Å². The Morgan fingerprint density at radius 1 is 1.39 bits per heavy atom. The van der Waals surface area contributed by atoms with Gasteiger partial charge in [-0.05, 0) is 37.1 Å². The van der Waals surface area contributed by atoms with E-state index in [9.17, 15) is 14.4 Å². The number of amides is 3. The van der Waals surface area contributed by atoms with Gasteiger partial charge in [0.1, 0.15) is 17.9 Å². The molecule has 2 heterocycles. The summed E-state index contributed by atoms with van der Waals surface area (Å²) in [7, 11) is 0. The fourth-order valence-electron chi connectivity index (χ4n) is 2.89. The number of piperidine rings is 1. The zero-order valence-corrected chi connectivity index (χ0v) is 12.9. The molecular weight excluding hydrogens is 296 g/mol. The molecule has 1 aromatic rings. The Labute approximate surface area is 134 Å². The predicted octanol–water partition coefficient (Wildman–Crippen LogP) is 1.40. The molecule has 0 aliphatic carbocycles. The number of carbonyl (C=O) groups excluding carboxylic acids is 3. The summed E-state index contributed by atoms with van der Waals surface area (Å²) in [5, 5.41) is 2.29. The number of carbonyl (C=O) groups is 3. The summed E-state index contributed by atoms with van der Waals surface area (Å²) in [5.74, 6) is -0.212. The Kier molecular flexibility index (Phi) is 3.90. The van der Waals surface area contributed by atoms with Gasteiger partial charge in [0.05, 0.1) is 0 Å². The standard InChI is InChI=1S/C17H18N2O4/c1-3-10(2)23-12-4-5-13-11(8-12)9-19(17(13)22)14-6-7-15(20)18-16(14)21/h3-5,8,10,14H,1,6-7,9H2,2H3,(H,18,20,21). The molecule has 23 heavy (non-hydrogen) atoms. The summed E-state index contributed by atoms with van der Waals surface area (Å²) in [6.07, 6.45) is 2.17. The highest BCUT2D eigenvalue weighted by molar-refractivity contribution is 6.05. The molecule has 0 saturated carbocycles. The molecule has 2 unspecified atom stereocenters. The molecule has 6 heteroatoms. The minimum atomic E-state index is -0.593. The second-order valence-corrected chi connectivity index (χ2v) is 5.78. The van der Waals surface area contributed by atoms with Gasteiger partial charge in [-0.15, -0.1) is 0 Å². The summed E-state index contributed by atoms with van der Waals surface area (Å²) >= 11 is 0. The highest BCUT2D eigenvalue weighted by atomic mass is 16.5. The Balaban J connectivity index is 1.80. The van der Waals surface area contributed by atoms with E-state index < -0.39 is 11.9 Å². The minimum Gasteiger partial charge on any atom is -0.487 e. The van der Waals surface area contributed by atoms with Crippen LogP contribution in [0.4, 0.5) is 0 Å². The van der Waals surface area contributed by atoms with Gasteiger partial charge in [-0.25, -0.2) is 0 Å². The molecule has 0 bridgehead atoms. The first-order chi connectivity index (χ1) is 11.0. The topological polar surface area (TPSA) is 75.7 Å². The predicted molar refractivity (Wildman–Crippen MR) is 82.8 cm³/mol. The first-order valence-electron chi connectivity index (χ1n) is 7.56. The molecule has 120 valence electrons. The van der Waals surface area contributed by atoms with Crippen LogP contribution in [0.5, 0.6) is 5.75 Å². The second kappa shape index (κ2) is 5.87. The highest BCUT2D eigenvalue weighted by Gasteiger charge is 2.39. The van der Waals surface area contributed by atoms with Gasteiger partial charge in [-0.1, -0.05) is 12.7 Å². The summed E-state index contributed by atoms with van der Waals surface area (Å²) < 4.78 is 5.67. The van der Waals surface area contributed by atoms with E-state index in [0.29, 0.717) is 24.3 Å². The van der Waals surface area contributed by atoms with Crippen LogP contribution in [0.1, 0.15) is 35.7 Å². The van der Waals surface area contributed by atoms with Gasteiger partial charge in [-0.2, -0.15) is 0 Å². The van der Waals surface area contributed by atoms with Gasteiger partial charge in [0.15, 0.2) is 0 Å². The lowest BCUT2D eigenvalue weighted by molar-refractivity contribution is -0.136. The van der Waals surface area contributed by atoms with Crippen molar-refractivity contribution in [1.29, 1.82) is 0 Å². The first kappa shape index (κ1) is 15.3. The van der Waals surface area contributed by atoms with Gasteiger partial charge >= 0.3 is 0 Å². The fourth-order valence-corrected chi connectivity index (χ4v) is 2.89. The second-order valence-electron chi connectivity index (χ2n) is 5.78. The van der Waals surface area contributed by atoms with Crippen molar-refractivity contribution in [2.24, 2.45) is 0 Å². The number of hydrogen-bond acceptors (Lipinski definition) is 4. The lowest BCUT2D eigenvalue weighted by atomic mass is 10.0. The summed E-state index contributed by atoms with van der Waals surface area (Å²) in [5.41, 5.74) is 1.40. The van der Waals surface area contributed by atoms with Crippen LogP contribution in [0.3, 0.4) is 0 Å². The molecule has 0 radical (unpaired) electrons. The Hall–Kier alpha value is -2.63. The number of nitrogens with zero attached hydrogens (tertiary/aromatic N) is 1. The van der Waals surface area contributed by atoms with Crippen molar-refractivity contribution >= 4 is 17.7 Å². The van der Waals surface area contributed by atoms with Crippen LogP contribution in [-0.4, -0.2) is 34.8 Å². The summed E-state index contributed by atoms with van der Waals surface area (Å²) in [6.45, 7) is 5.89. The van der Waals surface area contributed by atoms with Crippen molar-refractivity contribution in [3.05, 3.63) is 42.0 Å². The molecule has 2 atom stereocenters. The molecule has 3 amide bonds. The average molecular weight is 314 g/mol. The average Bonchev–Trinajstić information content (AvgIpc) is 2.83. The van der Waals surface area contributed by atoms with E-state index in [1.807, 2.05) is 13.0 Å². The number of rotatable bonds is 4. The summed E-state index contributed by atoms with van der Waals surface area (Å²) in [4.78, 5) is 37.3. The van der Waals surface area contributed by atoms with Crippen molar-refractivity contribution in [3.8, 4) is 5.75 Å². The Morgan fingerprint density at radius 2 is 2.17 bits per heavy atom. The largest absolute Gasteiger partial charge is 0.487 e. The van der Waals surface area contributed by atoms with Crippen LogP contribution in [0, 0.1) is 0 Å². The van der Waals surface area contributed by atoms with Gasteiger partial charge in [0.25, 0.3) is 5.91 Å². The first-order valence-corrected chi connectivity index (χ1v) is 7.56. The van der Waals surface area contributed by atoms with E-state index in [-0.39, 0.29) is 24.3 Å². The number of ether oxygens (including phenoxy) is 1. The monoisotopic (exact) mass is 314 g/mol. The molecule has 6 nitrogen and oxygen atoms in total. The number of fused-ring (bicyclic) bond motifs is 1. The van der Waals surface area contributed by atoms with E-state index in [1.165, 1.54) is 4.90 Å². The maximum Gasteiger partial charge on any atom is 0.255 e. The van der Waals surface area contributed by atoms with Crippen molar-refractivity contribution in [2.45, 2.75) is 38.5 Å². The zero-order valence-electron chi connectivity index (χ0n) is 12.9. The molecular formula is C17H18N2O4. The highest BCUT2D eigenvalue weighted by Crippen LogP contribution is 2.30. The van der Waals surface area contributed by atoms with Crippen molar-refractivity contribution in [1.82, 2.24) is 10.2 Å². The molecule has 1 N–H and O–H groups in total. The van der Waals surface area contributed by atoms with Crippen LogP contribution in [0.25, 0.3) is 0 Å². The lowest BCUT2D eigenvalue weighted by Crippen LogP contribution is -2.52. The van der Waals surface area contributed by atoms with E-state index in [4.69, 9.17) is 4.74 Å². The van der Waals surface area contributed by atoms with Crippen molar-refractivity contribution in [3.63, 3.8) is 0 Å². The Morgan fingerprint density at radius 3 is 2.87 bits per heavy atom. The lowest BCUT2D eigenvalue weighted by Gasteiger charge is -2.29. The molecule has 2 aliphatic rings. The van der Waals surface area contributed by atoms with Crippen LogP contribution in [0.15, 0.2) is 30.9 Å². The molecule has 3 rings (SSSR count). The molecule has 1 aromatic carbocycles. The Bertz CT molecular complexity index is 698. The van der Waals surface area contributed by atoms with E-state index in [0.717, 1.165) is 5.56 Å². The van der Waals surface area contributed by atoms with Crippen molar-refractivity contribution in [2.75, 3.05) is 0 Å². The molecule has 0 spiro atoms. The van der Waals surface area contributed by atoms with Crippen LogP contribution < -0.4 is 10.1 Å².